The average Bonchev–Trinajstić information content (AvgIpc) is 3.32. The van der Waals surface area contributed by atoms with E-state index in [-0.39, 0.29) is 31.0 Å². The van der Waals surface area contributed by atoms with Crippen molar-refractivity contribution in [1.29, 1.82) is 0 Å². The number of hydrogen-bond acceptors (Lipinski definition) is 10. The summed E-state index contributed by atoms with van der Waals surface area (Å²) in [5.41, 5.74) is 7.06. The lowest BCUT2D eigenvalue weighted by Gasteiger charge is -2.41. The molecule has 0 amide bonds. The van der Waals surface area contributed by atoms with Gasteiger partial charge in [-0.1, -0.05) is 0 Å². The van der Waals surface area contributed by atoms with E-state index in [4.69, 9.17) is 24.8 Å². The highest BCUT2D eigenvalue weighted by molar-refractivity contribution is 5.81. The molecule has 2 aromatic heterocycles. The monoisotopic (exact) mass is 420 g/mol. The van der Waals surface area contributed by atoms with Gasteiger partial charge in [-0.25, -0.2) is 15.0 Å². The largest absolute Gasteiger partial charge is 0.396 e. The molecule has 4 heterocycles. The number of nitrogen functional groups attached to an aromatic ring is 1. The summed E-state index contributed by atoms with van der Waals surface area (Å²) in [5.74, 6) is -0.0658. The summed E-state index contributed by atoms with van der Waals surface area (Å²) in [6, 6.07) is 0.255. The van der Waals surface area contributed by atoms with E-state index in [1.807, 2.05) is 23.5 Å². The number of nitrogens with two attached hydrogens (primary N) is 1. The number of hydrogen-bond donors (Lipinski definition) is 2. The van der Waals surface area contributed by atoms with Crippen LogP contribution in [0, 0.1) is 5.92 Å². The predicted octanol–water partition coefficient (Wildman–Crippen LogP) is 0.460. The second-order valence-corrected chi connectivity index (χ2v) is 8.67. The van der Waals surface area contributed by atoms with Crippen molar-refractivity contribution in [3.63, 3.8) is 0 Å². The third-order valence-corrected chi connectivity index (χ3v) is 6.26. The van der Waals surface area contributed by atoms with Gasteiger partial charge in [-0.2, -0.15) is 5.06 Å². The van der Waals surface area contributed by atoms with Crippen LogP contribution in [0.2, 0.25) is 0 Å². The summed E-state index contributed by atoms with van der Waals surface area (Å²) in [6.45, 7) is 4.54. The predicted molar refractivity (Wildman–Crippen MR) is 105 cm³/mol. The Bertz CT molecular complexity index is 916. The smallest absolute Gasteiger partial charge is 0.167 e. The summed E-state index contributed by atoms with van der Waals surface area (Å²) in [4.78, 5) is 18.3. The van der Waals surface area contributed by atoms with Crippen molar-refractivity contribution in [2.24, 2.45) is 5.92 Å². The molecule has 3 fully saturated rings. The highest BCUT2D eigenvalue weighted by Gasteiger charge is 2.56. The third-order valence-electron chi connectivity index (χ3n) is 6.26. The molecule has 0 unspecified atom stereocenters. The Hall–Kier alpha value is -1.89. The number of aromatic nitrogens is 4. The Kier molecular flexibility index (Phi) is 4.92. The van der Waals surface area contributed by atoms with Gasteiger partial charge in [0.25, 0.3) is 0 Å². The lowest BCUT2D eigenvalue weighted by atomic mass is 9.80. The first kappa shape index (κ1) is 20.0. The molecule has 1 saturated carbocycles. The fourth-order valence-corrected chi connectivity index (χ4v) is 4.72. The Morgan fingerprint density at radius 1 is 1.27 bits per heavy atom. The summed E-state index contributed by atoms with van der Waals surface area (Å²) < 4.78 is 20.7. The van der Waals surface area contributed by atoms with Crippen LogP contribution in [0.15, 0.2) is 12.7 Å². The summed E-state index contributed by atoms with van der Waals surface area (Å²) in [7, 11) is 1.66. The number of nitrogens with zero attached hydrogens (tertiary/aromatic N) is 5. The minimum absolute atomic E-state index is 0.213. The maximum absolute atomic E-state index is 9.32. The van der Waals surface area contributed by atoms with E-state index in [9.17, 15) is 5.11 Å². The Morgan fingerprint density at radius 3 is 2.77 bits per heavy atom. The maximum Gasteiger partial charge on any atom is 0.167 e. The molecule has 0 spiro atoms. The van der Waals surface area contributed by atoms with Crippen molar-refractivity contribution in [3.05, 3.63) is 12.7 Å². The first-order valence-corrected chi connectivity index (χ1v) is 10.3. The van der Waals surface area contributed by atoms with Crippen LogP contribution in [0.3, 0.4) is 0 Å². The van der Waals surface area contributed by atoms with E-state index >= 15 is 0 Å². The van der Waals surface area contributed by atoms with Gasteiger partial charge in [-0.05, 0) is 32.6 Å². The standard InChI is InChI=1S/C19H28N6O5/c1-19(2)29-14-12(6-25(27-3)11-4-10(5-11)7-26)28-18(15(14)30-19)24-9-23-13-16(20)21-8-22-17(13)24/h8-12,14-15,18,26H,4-7H2,1-3H3,(H2,20,21,22)/t10?,11?,12-,14-,15-,18-/m1/s1. The van der Waals surface area contributed by atoms with E-state index in [2.05, 4.69) is 15.0 Å². The van der Waals surface area contributed by atoms with Gasteiger partial charge in [-0.15, -0.1) is 0 Å². The van der Waals surface area contributed by atoms with Crippen LogP contribution in [-0.4, -0.2) is 80.1 Å². The average molecular weight is 420 g/mol. The molecule has 2 aromatic rings. The number of aliphatic hydroxyl groups is 1. The molecule has 4 atom stereocenters. The molecule has 3 aliphatic rings. The zero-order valence-electron chi connectivity index (χ0n) is 17.3. The molecular formula is C19H28N6O5. The first-order chi connectivity index (χ1) is 14.4. The van der Waals surface area contributed by atoms with Crippen molar-refractivity contribution in [2.75, 3.05) is 26.0 Å². The van der Waals surface area contributed by atoms with Crippen molar-refractivity contribution in [1.82, 2.24) is 24.6 Å². The van der Waals surface area contributed by atoms with E-state index in [0.717, 1.165) is 12.8 Å². The van der Waals surface area contributed by atoms with Crippen LogP contribution in [0.5, 0.6) is 0 Å². The molecular weight excluding hydrogens is 392 g/mol. The fraction of sp³-hybridized carbons (Fsp3) is 0.737. The molecule has 164 valence electrons. The Morgan fingerprint density at radius 2 is 2.03 bits per heavy atom. The Labute approximate surface area is 174 Å². The SMILES string of the molecule is CON(C[C@H]1O[C@@H](n2cnc3c(N)ncnc32)[C@@H]2OC(C)(C)O[C@@H]21)C1CC(CO)C1. The van der Waals surface area contributed by atoms with Gasteiger partial charge in [0.2, 0.25) is 0 Å². The van der Waals surface area contributed by atoms with Crippen LogP contribution in [0.4, 0.5) is 5.82 Å². The van der Waals surface area contributed by atoms with Gasteiger partial charge in [0.1, 0.15) is 30.2 Å². The molecule has 30 heavy (non-hydrogen) atoms. The first-order valence-electron chi connectivity index (χ1n) is 10.3. The summed E-state index contributed by atoms with van der Waals surface area (Å²) in [5, 5.41) is 11.2. The second kappa shape index (κ2) is 7.36. The van der Waals surface area contributed by atoms with E-state index in [0.29, 0.717) is 29.4 Å². The highest BCUT2D eigenvalue weighted by atomic mass is 16.8. The molecule has 5 rings (SSSR count). The van der Waals surface area contributed by atoms with Crippen LogP contribution in [-0.2, 0) is 19.0 Å². The molecule has 3 N–H and O–H groups in total. The topological polar surface area (TPSA) is 130 Å². The number of ether oxygens (including phenoxy) is 3. The third kappa shape index (κ3) is 3.26. The van der Waals surface area contributed by atoms with Gasteiger partial charge in [0.15, 0.2) is 23.5 Å². The zero-order valence-corrected chi connectivity index (χ0v) is 17.3. The fourth-order valence-electron chi connectivity index (χ4n) is 4.72. The number of rotatable bonds is 6. The van der Waals surface area contributed by atoms with Gasteiger partial charge in [-0.3, -0.25) is 4.57 Å². The second-order valence-electron chi connectivity index (χ2n) is 8.67. The molecule has 2 aliphatic heterocycles. The van der Waals surface area contributed by atoms with Gasteiger partial charge in [0.05, 0.1) is 20.0 Å². The van der Waals surface area contributed by atoms with Crippen molar-refractivity contribution in [3.8, 4) is 0 Å². The number of hydroxylamine groups is 2. The minimum atomic E-state index is -0.726. The quantitative estimate of drug-likeness (QED) is 0.636. The van der Waals surface area contributed by atoms with Gasteiger partial charge in [0, 0.05) is 12.6 Å². The van der Waals surface area contributed by atoms with Crippen LogP contribution >= 0.6 is 0 Å². The molecule has 11 nitrogen and oxygen atoms in total. The molecule has 0 bridgehead atoms. The van der Waals surface area contributed by atoms with Gasteiger partial charge >= 0.3 is 0 Å². The van der Waals surface area contributed by atoms with E-state index in [1.54, 1.807) is 13.4 Å². The molecule has 2 saturated heterocycles. The van der Waals surface area contributed by atoms with Crippen molar-refractivity contribution in [2.45, 2.75) is 63.1 Å². The lowest BCUT2D eigenvalue weighted by Crippen LogP contribution is -2.49. The van der Waals surface area contributed by atoms with Crippen LogP contribution in [0.25, 0.3) is 11.2 Å². The maximum atomic E-state index is 9.32. The van der Waals surface area contributed by atoms with E-state index < -0.39 is 12.0 Å². The van der Waals surface area contributed by atoms with E-state index in [1.165, 1.54) is 6.33 Å². The van der Waals surface area contributed by atoms with Gasteiger partial charge < -0.3 is 29.9 Å². The van der Waals surface area contributed by atoms with Crippen molar-refractivity contribution < 1.29 is 24.2 Å². The van der Waals surface area contributed by atoms with Crippen LogP contribution in [0.1, 0.15) is 32.9 Å². The number of imidazole rings is 1. The zero-order chi connectivity index (χ0) is 21.0. The molecule has 11 heteroatoms. The molecule has 0 aromatic carbocycles. The Balaban J connectivity index is 1.40. The molecule has 0 radical (unpaired) electrons. The van der Waals surface area contributed by atoms with Crippen molar-refractivity contribution >= 4 is 17.0 Å². The minimum Gasteiger partial charge on any atom is -0.396 e. The normalized spacial score (nSPS) is 35.1. The van der Waals surface area contributed by atoms with Crippen LogP contribution < -0.4 is 5.73 Å². The summed E-state index contributed by atoms with van der Waals surface area (Å²) in [6.07, 6.45) is 3.53. The number of fused-ring (bicyclic) bond motifs is 2. The number of anilines is 1. The summed E-state index contributed by atoms with van der Waals surface area (Å²) >= 11 is 0. The molecule has 1 aliphatic carbocycles. The lowest BCUT2D eigenvalue weighted by molar-refractivity contribution is -0.231. The number of aliphatic hydroxyl groups excluding tert-OH is 1. The highest BCUT2D eigenvalue weighted by Crippen LogP contribution is 2.44.